The van der Waals surface area contributed by atoms with Gasteiger partial charge in [0, 0.05) is 11.4 Å². The number of aromatic amines is 1. The molecule has 0 bridgehead atoms. The lowest BCUT2D eigenvalue weighted by Crippen LogP contribution is -2.27. The lowest BCUT2D eigenvalue weighted by atomic mass is 10.1. The smallest absolute Gasteiger partial charge is 0.295 e. The Labute approximate surface area is 131 Å². The van der Waals surface area contributed by atoms with Crippen LogP contribution in [0.5, 0.6) is 0 Å². The van der Waals surface area contributed by atoms with Crippen molar-refractivity contribution in [2.75, 3.05) is 0 Å². The summed E-state index contributed by atoms with van der Waals surface area (Å²) in [6, 6.07) is 4.59. The minimum Gasteiger partial charge on any atom is -0.319 e. The van der Waals surface area contributed by atoms with E-state index in [0.29, 0.717) is 22.5 Å². The molecule has 6 heteroatoms. The minimum absolute atomic E-state index is 0.316. The molecule has 1 aliphatic rings. The number of hydrogen-bond acceptors (Lipinski definition) is 2. The number of alkyl halides is 2. The van der Waals surface area contributed by atoms with Gasteiger partial charge in [0.25, 0.3) is 11.5 Å². The van der Waals surface area contributed by atoms with Crippen molar-refractivity contribution < 1.29 is 8.78 Å². The first kappa shape index (κ1) is 15.4. The van der Waals surface area contributed by atoms with E-state index in [2.05, 4.69) is 9.97 Å². The third-order valence-electron chi connectivity index (χ3n) is 4.05. The molecule has 0 aliphatic heterocycles. The van der Waals surface area contributed by atoms with Gasteiger partial charge in [-0.1, -0.05) is 37.3 Å². The van der Waals surface area contributed by atoms with Gasteiger partial charge in [0.15, 0.2) is 5.69 Å². The van der Waals surface area contributed by atoms with E-state index in [-0.39, 0.29) is 6.42 Å². The van der Waals surface area contributed by atoms with Crippen LogP contribution in [0.4, 0.5) is 8.78 Å². The Bertz CT molecular complexity index is 740. The van der Waals surface area contributed by atoms with Crippen LogP contribution in [-0.2, 0) is 5.92 Å². The Morgan fingerprint density at radius 1 is 1.32 bits per heavy atom. The largest absolute Gasteiger partial charge is 0.319 e. The van der Waals surface area contributed by atoms with Crippen molar-refractivity contribution in [1.82, 2.24) is 9.97 Å². The Hall–Kier alpha value is -1.49. The van der Waals surface area contributed by atoms with E-state index in [1.165, 1.54) is 25.0 Å². The van der Waals surface area contributed by atoms with Crippen LogP contribution in [0.25, 0.3) is 11.0 Å². The fraction of sp³-hybridized carbons (Fsp3) is 0.500. The van der Waals surface area contributed by atoms with E-state index in [9.17, 15) is 13.6 Å². The lowest BCUT2D eigenvalue weighted by Gasteiger charge is -2.15. The van der Waals surface area contributed by atoms with E-state index in [1.807, 2.05) is 0 Å². The molecule has 118 valence electrons. The maximum atomic E-state index is 14.3. The molecule has 1 heterocycles. The summed E-state index contributed by atoms with van der Waals surface area (Å²) >= 11 is 5.82. The Balaban J connectivity index is 1.78. The highest BCUT2D eigenvalue weighted by Crippen LogP contribution is 2.36. The second-order valence-corrected chi connectivity index (χ2v) is 6.41. The molecule has 1 fully saturated rings. The summed E-state index contributed by atoms with van der Waals surface area (Å²) in [6.07, 6.45) is 4.31. The zero-order valence-corrected chi connectivity index (χ0v) is 12.8. The number of fused-ring (bicyclic) bond motifs is 1. The SMILES string of the molecule is O=c1[nH]c2cc(Cl)ccc2nc1C(F)(F)CCCCC1CC1. The van der Waals surface area contributed by atoms with Crippen LogP contribution in [0.2, 0.25) is 5.02 Å². The van der Waals surface area contributed by atoms with Gasteiger partial charge in [-0.3, -0.25) is 4.79 Å². The highest BCUT2D eigenvalue weighted by Gasteiger charge is 2.36. The summed E-state index contributed by atoms with van der Waals surface area (Å²) < 4.78 is 28.5. The average Bonchev–Trinajstić information content (AvgIpc) is 3.26. The third-order valence-corrected chi connectivity index (χ3v) is 4.29. The number of unbranched alkanes of at least 4 members (excludes halogenated alkanes) is 1. The second kappa shape index (κ2) is 5.95. The zero-order chi connectivity index (χ0) is 15.7. The monoisotopic (exact) mass is 326 g/mol. The number of benzene rings is 1. The van der Waals surface area contributed by atoms with E-state index in [1.54, 1.807) is 6.07 Å². The Kier molecular flexibility index (Phi) is 4.17. The van der Waals surface area contributed by atoms with Crippen molar-refractivity contribution in [3.63, 3.8) is 0 Å². The summed E-state index contributed by atoms with van der Waals surface area (Å²) in [6.45, 7) is 0. The molecule has 1 aromatic carbocycles. The van der Waals surface area contributed by atoms with Gasteiger partial charge in [0.05, 0.1) is 11.0 Å². The molecule has 0 saturated heterocycles. The highest BCUT2D eigenvalue weighted by atomic mass is 35.5. The molecule has 2 aromatic rings. The predicted molar refractivity (Wildman–Crippen MR) is 82.5 cm³/mol. The fourth-order valence-corrected chi connectivity index (χ4v) is 2.78. The van der Waals surface area contributed by atoms with Gasteiger partial charge in [-0.15, -0.1) is 0 Å². The standard InChI is InChI=1S/C16H17ClF2N2O/c17-11-6-7-12-13(9-11)21-15(22)14(20-12)16(18,19)8-2-1-3-10-4-5-10/h6-7,9-10H,1-5,8H2,(H,21,22). The molecule has 0 atom stereocenters. The zero-order valence-electron chi connectivity index (χ0n) is 12.0. The minimum atomic E-state index is -3.20. The molecule has 0 radical (unpaired) electrons. The molecular weight excluding hydrogens is 310 g/mol. The number of nitrogens with one attached hydrogen (secondary N) is 1. The molecule has 1 N–H and O–H groups in total. The van der Waals surface area contributed by atoms with Gasteiger partial charge in [-0.2, -0.15) is 8.78 Å². The first-order chi connectivity index (χ1) is 10.5. The molecule has 3 nitrogen and oxygen atoms in total. The van der Waals surface area contributed by atoms with E-state index in [4.69, 9.17) is 11.6 Å². The molecule has 0 amide bonds. The van der Waals surface area contributed by atoms with Gasteiger partial charge in [0.1, 0.15) is 0 Å². The number of aromatic nitrogens is 2. The number of rotatable bonds is 6. The Morgan fingerprint density at radius 3 is 2.82 bits per heavy atom. The maximum Gasteiger partial charge on any atom is 0.295 e. The average molecular weight is 327 g/mol. The number of hydrogen-bond donors (Lipinski definition) is 1. The van der Waals surface area contributed by atoms with Crippen molar-refractivity contribution in [1.29, 1.82) is 0 Å². The fourth-order valence-electron chi connectivity index (χ4n) is 2.61. The van der Waals surface area contributed by atoms with Crippen LogP contribution in [-0.4, -0.2) is 9.97 Å². The van der Waals surface area contributed by atoms with Gasteiger partial charge >= 0.3 is 0 Å². The number of H-pyrrole nitrogens is 1. The molecule has 0 unspecified atom stereocenters. The van der Waals surface area contributed by atoms with Crippen LogP contribution in [0.3, 0.4) is 0 Å². The van der Waals surface area contributed by atoms with Crippen LogP contribution in [0, 0.1) is 5.92 Å². The van der Waals surface area contributed by atoms with Gasteiger partial charge in [-0.25, -0.2) is 4.98 Å². The molecule has 3 rings (SSSR count). The third kappa shape index (κ3) is 3.46. The maximum absolute atomic E-state index is 14.3. The topological polar surface area (TPSA) is 45.8 Å². The predicted octanol–water partition coefficient (Wildman–Crippen LogP) is 4.64. The molecule has 1 saturated carbocycles. The van der Waals surface area contributed by atoms with E-state index >= 15 is 0 Å². The second-order valence-electron chi connectivity index (χ2n) is 5.97. The summed E-state index contributed by atoms with van der Waals surface area (Å²) in [5, 5.41) is 0.421. The van der Waals surface area contributed by atoms with Crippen LogP contribution >= 0.6 is 11.6 Å². The van der Waals surface area contributed by atoms with Crippen molar-refractivity contribution in [3.8, 4) is 0 Å². The summed E-state index contributed by atoms with van der Waals surface area (Å²) in [4.78, 5) is 18.2. The quantitative estimate of drug-likeness (QED) is 0.786. The van der Waals surface area contributed by atoms with E-state index < -0.39 is 17.2 Å². The van der Waals surface area contributed by atoms with Crippen molar-refractivity contribution in [2.24, 2.45) is 5.92 Å². The van der Waals surface area contributed by atoms with Gasteiger partial charge < -0.3 is 4.98 Å². The molecular formula is C16H17ClF2N2O. The van der Waals surface area contributed by atoms with Gasteiger partial charge in [0.2, 0.25) is 0 Å². The summed E-state index contributed by atoms with van der Waals surface area (Å²) in [5.41, 5.74) is -0.863. The number of halogens is 3. The summed E-state index contributed by atoms with van der Waals surface area (Å²) in [7, 11) is 0. The molecule has 1 aliphatic carbocycles. The van der Waals surface area contributed by atoms with Gasteiger partial charge in [-0.05, 0) is 30.5 Å². The highest BCUT2D eigenvalue weighted by molar-refractivity contribution is 6.31. The van der Waals surface area contributed by atoms with Crippen molar-refractivity contribution in [2.45, 2.75) is 44.4 Å². The summed E-state index contributed by atoms with van der Waals surface area (Å²) in [5.74, 6) is -2.47. The van der Waals surface area contributed by atoms with E-state index in [0.717, 1.165) is 18.8 Å². The van der Waals surface area contributed by atoms with Crippen LogP contribution in [0.1, 0.15) is 44.2 Å². The molecule has 1 aromatic heterocycles. The first-order valence-corrected chi connectivity index (χ1v) is 7.91. The lowest BCUT2D eigenvalue weighted by molar-refractivity contribution is -0.0214. The normalized spacial score (nSPS) is 15.4. The first-order valence-electron chi connectivity index (χ1n) is 7.53. The Morgan fingerprint density at radius 2 is 2.09 bits per heavy atom. The molecule has 0 spiro atoms. The number of nitrogens with zero attached hydrogens (tertiary/aromatic N) is 1. The van der Waals surface area contributed by atoms with Crippen LogP contribution < -0.4 is 5.56 Å². The van der Waals surface area contributed by atoms with Crippen molar-refractivity contribution >= 4 is 22.6 Å². The van der Waals surface area contributed by atoms with Crippen LogP contribution in [0.15, 0.2) is 23.0 Å². The molecule has 22 heavy (non-hydrogen) atoms. The van der Waals surface area contributed by atoms with Crippen molar-refractivity contribution in [3.05, 3.63) is 39.3 Å².